The summed E-state index contributed by atoms with van der Waals surface area (Å²) >= 11 is 1.48. The van der Waals surface area contributed by atoms with Crippen molar-refractivity contribution >= 4 is 22.4 Å². The molecule has 18 heavy (non-hydrogen) atoms. The van der Waals surface area contributed by atoms with E-state index in [0.717, 1.165) is 21.3 Å². The Bertz CT molecular complexity index is 554. The maximum atomic E-state index is 10.8. The van der Waals surface area contributed by atoms with Gasteiger partial charge in [0.1, 0.15) is 5.01 Å². The fourth-order valence-corrected chi connectivity index (χ4v) is 2.19. The van der Waals surface area contributed by atoms with Gasteiger partial charge in [0.15, 0.2) is 0 Å². The van der Waals surface area contributed by atoms with Crippen LogP contribution in [0.5, 0.6) is 0 Å². The summed E-state index contributed by atoms with van der Waals surface area (Å²) in [7, 11) is 0. The van der Waals surface area contributed by atoms with E-state index in [1.54, 1.807) is 0 Å². The lowest BCUT2D eigenvalue weighted by Gasteiger charge is -2.07. The molecule has 5 nitrogen and oxygen atoms in total. The van der Waals surface area contributed by atoms with Gasteiger partial charge in [-0.15, -0.1) is 10.2 Å². The van der Waals surface area contributed by atoms with Crippen molar-refractivity contribution in [3.05, 3.63) is 40.4 Å². The molecule has 0 fully saturated rings. The minimum absolute atomic E-state index is 0.0347. The van der Waals surface area contributed by atoms with Gasteiger partial charge < -0.3 is 10.4 Å². The smallest absolute Gasteiger partial charge is 0.307 e. The quantitative estimate of drug-likeness (QED) is 0.864. The van der Waals surface area contributed by atoms with Gasteiger partial charge in [-0.25, -0.2) is 0 Å². The molecule has 1 aromatic heterocycles. The Balaban J connectivity index is 2.06. The van der Waals surface area contributed by atoms with E-state index < -0.39 is 5.97 Å². The molecule has 0 bridgehead atoms. The number of carboxylic acid groups (broad SMARTS) is 1. The number of carbonyl (C=O) groups is 1. The van der Waals surface area contributed by atoms with Crippen LogP contribution in [0, 0.1) is 6.92 Å². The maximum absolute atomic E-state index is 10.8. The lowest BCUT2D eigenvalue weighted by Crippen LogP contribution is -2.07. The molecular weight excluding hydrogens is 250 g/mol. The Hall–Kier alpha value is -1.95. The first-order chi connectivity index (χ1) is 8.65. The van der Waals surface area contributed by atoms with Crippen LogP contribution in [0.15, 0.2) is 24.3 Å². The van der Waals surface area contributed by atoms with Crippen LogP contribution in [0.1, 0.15) is 16.1 Å². The third-order valence-electron chi connectivity index (χ3n) is 2.42. The number of nitrogens with zero attached hydrogens (tertiary/aromatic N) is 2. The number of benzene rings is 1. The number of rotatable bonds is 5. The van der Waals surface area contributed by atoms with Gasteiger partial charge in [-0.2, -0.15) is 0 Å². The predicted molar refractivity (Wildman–Crippen MR) is 69.8 cm³/mol. The highest BCUT2D eigenvalue weighted by Gasteiger charge is 2.07. The molecule has 0 aliphatic heterocycles. The standard InChI is InChI=1S/C12H13N3O2S/c1-8-14-15-12(18-8)13-7-10-5-3-2-4-9(10)6-11(16)17/h2-5H,6-7H2,1H3,(H,13,15)(H,16,17). The molecule has 1 heterocycles. The van der Waals surface area contributed by atoms with Crippen molar-refractivity contribution in [2.24, 2.45) is 0 Å². The van der Waals surface area contributed by atoms with Crippen molar-refractivity contribution in [1.82, 2.24) is 10.2 Å². The minimum atomic E-state index is -0.825. The monoisotopic (exact) mass is 263 g/mol. The number of hydrogen-bond acceptors (Lipinski definition) is 5. The second-order valence-corrected chi connectivity index (χ2v) is 5.00. The third kappa shape index (κ3) is 3.27. The zero-order valence-corrected chi connectivity index (χ0v) is 10.7. The van der Waals surface area contributed by atoms with Crippen molar-refractivity contribution in [3.8, 4) is 0 Å². The number of aromatic nitrogens is 2. The van der Waals surface area contributed by atoms with Gasteiger partial charge in [0, 0.05) is 6.54 Å². The Labute approximate surface area is 109 Å². The summed E-state index contributed by atoms with van der Waals surface area (Å²) in [4.78, 5) is 10.8. The molecule has 6 heteroatoms. The van der Waals surface area contributed by atoms with E-state index in [-0.39, 0.29) is 6.42 Å². The number of aryl methyl sites for hydroxylation is 1. The molecule has 0 saturated heterocycles. The largest absolute Gasteiger partial charge is 0.481 e. The molecule has 0 radical (unpaired) electrons. The number of hydrogen-bond donors (Lipinski definition) is 2. The highest BCUT2D eigenvalue weighted by molar-refractivity contribution is 7.15. The van der Waals surface area contributed by atoms with E-state index in [1.165, 1.54) is 11.3 Å². The molecule has 2 aromatic rings. The fourth-order valence-electron chi connectivity index (χ4n) is 1.60. The number of aliphatic carboxylic acids is 1. The molecule has 2 N–H and O–H groups in total. The van der Waals surface area contributed by atoms with Gasteiger partial charge in [-0.05, 0) is 18.1 Å². The van der Waals surface area contributed by atoms with E-state index in [9.17, 15) is 4.79 Å². The minimum Gasteiger partial charge on any atom is -0.481 e. The number of nitrogens with one attached hydrogen (secondary N) is 1. The van der Waals surface area contributed by atoms with E-state index in [2.05, 4.69) is 15.5 Å². The summed E-state index contributed by atoms with van der Waals surface area (Å²) in [5, 5.41) is 21.5. The second-order valence-electron chi connectivity index (χ2n) is 3.82. The Kier molecular flexibility index (Phi) is 3.88. The van der Waals surface area contributed by atoms with Crippen LogP contribution >= 0.6 is 11.3 Å². The summed E-state index contributed by atoms with van der Waals surface area (Å²) in [5.41, 5.74) is 1.78. The lowest BCUT2D eigenvalue weighted by molar-refractivity contribution is -0.136. The highest BCUT2D eigenvalue weighted by Crippen LogP contribution is 2.16. The van der Waals surface area contributed by atoms with Gasteiger partial charge in [0.05, 0.1) is 6.42 Å². The molecule has 0 saturated carbocycles. The first-order valence-electron chi connectivity index (χ1n) is 5.47. The van der Waals surface area contributed by atoms with Crippen molar-refractivity contribution in [3.63, 3.8) is 0 Å². The van der Waals surface area contributed by atoms with Crippen LogP contribution in [0.2, 0.25) is 0 Å². The zero-order chi connectivity index (χ0) is 13.0. The molecule has 0 atom stereocenters. The number of carboxylic acids is 1. The molecule has 0 aliphatic carbocycles. The van der Waals surface area contributed by atoms with Crippen molar-refractivity contribution in [1.29, 1.82) is 0 Å². The van der Waals surface area contributed by atoms with Crippen molar-refractivity contribution < 1.29 is 9.90 Å². The number of anilines is 1. The van der Waals surface area contributed by atoms with E-state index in [4.69, 9.17) is 5.11 Å². The Morgan fingerprint density at radius 2 is 2.06 bits per heavy atom. The first-order valence-corrected chi connectivity index (χ1v) is 6.29. The maximum Gasteiger partial charge on any atom is 0.307 e. The first kappa shape index (κ1) is 12.5. The van der Waals surface area contributed by atoms with Gasteiger partial charge in [0.25, 0.3) is 0 Å². The van der Waals surface area contributed by atoms with Crippen LogP contribution in [0.25, 0.3) is 0 Å². The molecule has 0 aliphatic rings. The molecule has 0 unspecified atom stereocenters. The lowest BCUT2D eigenvalue weighted by atomic mass is 10.0. The predicted octanol–water partition coefficient (Wildman–Crippen LogP) is 2.09. The van der Waals surface area contributed by atoms with Gasteiger partial charge in [-0.3, -0.25) is 4.79 Å². The molecule has 0 amide bonds. The van der Waals surface area contributed by atoms with E-state index >= 15 is 0 Å². The highest BCUT2D eigenvalue weighted by atomic mass is 32.1. The van der Waals surface area contributed by atoms with Gasteiger partial charge in [0.2, 0.25) is 5.13 Å². The SMILES string of the molecule is Cc1nnc(NCc2ccccc2CC(=O)O)s1. The average molecular weight is 263 g/mol. The summed E-state index contributed by atoms with van der Waals surface area (Å²) in [6.07, 6.45) is 0.0347. The molecular formula is C12H13N3O2S. The van der Waals surface area contributed by atoms with E-state index in [0.29, 0.717) is 6.54 Å². The van der Waals surface area contributed by atoms with E-state index in [1.807, 2.05) is 31.2 Å². The van der Waals surface area contributed by atoms with Crippen LogP contribution in [-0.2, 0) is 17.8 Å². The summed E-state index contributed by atoms with van der Waals surface area (Å²) in [5.74, 6) is -0.825. The Morgan fingerprint density at radius 1 is 1.33 bits per heavy atom. The fraction of sp³-hybridized carbons (Fsp3) is 0.250. The van der Waals surface area contributed by atoms with Crippen LogP contribution in [0.3, 0.4) is 0 Å². The molecule has 94 valence electrons. The zero-order valence-electron chi connectivity index (χ0n) is 9.88. The van der Waals surface area contributed by atoms with Crippen LogP contribution in [-0.4, -0.2) is 21.3 Å². The third-order valence-corrected chi connectivity index (χ3v) is 3.21. The van der Waals surface area contributed by atoms with Crippen molar-refractivity contribution in [2.45, 2.75) is 19.9 Å². The normalized spacial score (nSPS) is 10.3. The summed E-state index contributed by atoms with van der Waals surface area (Å²) in [6.45, 7) is 2.44. The molecule has 2 rings (SSSR count). The summed E-state index contributed by atoms with van der Waals surface area (Å²) in [6, 6.07) is 7.49. The van der Waals surface area contributed by atoms with Gasteiger partial charge in [-0.1, -0.05) is 35.6 Å². The van der Waals surface area contributed by atoms with Crippen LogP contribution < -0.4 is 5.32 Å². The summed E-state index contributed by atoms with van der Waals surface area (Å²) < 4.78 is 0. The average Bonchev–Trinajstić information content (AvgIpc) is 2.73. The second kappa shape index (κ2) is 5.59. The van der Waals surface area contributed by atoms with Crippen LogP contribution in [0.4, 0.5) is 5.13 Å². The topological polar surface area (TPSA) is 75.1 Å². The van der Waals surface area contributed by atoms with Crippen molar-refractivity contribution in [2.75, 3.05) is 5.32 Å². The molecule has 0 spiro atoms. The Morgan fingerprint density at radius 3 is 2.67 bits per heavy atom. The van der Waals surface area contributed by atoms with Gasteiger partial charge >= 0.3 is 5.97 Å². The molecule has 1 aromatic carbocycles.